The number of aliphatic hydroxyl groups is 1. The Bertz CT molecular complexity index is 349. The van der Waals surface area contributed by atoms with Crippen molar-refractivity contribution >= 4 is 0 Å². The van der Waals surface area contributed by atoms with Gasteiger partial charge in [0.2, 0.25) is 0 Å². The molecule has 2 rings (SSSR count). The molecule has 1 fully saturated rings. The van der Waals surface area contributed by atoms with Crippen molar-refractivity contribution in [2.45, 2.75) is 31.8 Å². The predicted octanol–water partition coefficient (Wildman–Crippen LogP) is 1.25. The Balaban J connectivity index is 2.03. The van der Waals surface area contributed by atoms with Gasteiger partial charge in [-0.15, -0.1) is 0 Å². The molecule has 0 saturated carbocycles. The summed E-state index contributed by atoms with van der Waals surface area (Å²) < 4.78 is 0. The van der Waals surface area contributed by atoms with Gasteiger partial charge in [0.05, 0.1) is 5.60 Å². The largest absolute Gasteiger partial charge is 0.388 e. The van der Waals surface area contributed by atoms with E-state index in [0.29, 0.717) is 6.42 Å². The van der Waals surface area contributed by atoms with Crippen LogP contribution in [-0.2, 0) is 12.8 Å². The molecule has 2 heterocycles. The highest BCUT2D eigenvalue weighted by Crippen LogP contribution is 2.23. The maximum atomic E-state index is 10.4. The lowest BCUT2D eigenvalue weighted by Crippen LogP contribution is -2.34. The van der Waals surface area contributed by atoms with Crippen molar-refractivity contribution in [2.75, 3.05) is 20.1 Å². The predicted molar refractivity (Wildman–Crippen MR) is 64.4 cm³/mol. The number of aromatic nitrogens is 1. The summed E-state index contributed by atoms with van der Waals surface area (Å²) in [5.41, 5.74) is 1.67. The van der Waals surface area contributed by atoms with Crippen LogP contribution in [0.2, 0.25) is 0 Å². The van der Waals surface area contributed by atoms with Crippen molar-refractivity contribution in [1.82, 2.24) is 9.88 Å². The highest BCUT2D eigenvalue weighted by Gasteiger charge is 2.34. The molecule has 1 unspecified atom stereocenters. The van der Waals surface area contributed by atoms with Gasteiger partial charge in [0.25, 0.3) is 0 Å². The monoisotopic (exact) mass is 220 g/mol. The van der Waals surface area contributed by atoms with Crippen LogP contribution in [0.5, 0.6) is 0 Å². The molecule has 0 bridgehead atoms. The molecule has 0 amide bonds. The molecule has 0 radical (unpaired) electrons. The van der Waals surface area contributed by atoms with Crippen LogP contribution in [0.15, 0.2) is 18.3 Å². The summed E-state index contributed by atoms with van der Waals surface area (Å²) >= 11 is 0. The molecule has 3 nitrogen and oxygen atoms in total. The van der Waals surface area contributed by atoms with E-state index < -0.39 is 5.60 Å². The second-order valence-electron chi connectivity index (χ2n) is 4.90. The first kappa shape index (κ1) is 11.6. The van der Waals surface area contributed by atoms with E-state index in [1.54, 1.807) is 0 Å². The zero-order valence-corrected chi connectivity index (χ0v) is 10.1. The van der Waals surface area contributed by atoms with Gasteiger partial charge in [-0.1, -0.05) is 13.0 Å². The van der Waals surface area contributed by atoms with E-state index in [2.05, 4.69) is 22.9 Å². The number of likely N-dealkylation sites (tertiary alicyclic amines) is 1. The average molecular weight is 220 g/mol. The average Bonchev–Trinajstić information content (AvgIpc) is 2.59. The van der Waals surface area contributed by atoms with Gasteiger partial charge in [-0.25, -0.2) is 0 Å². The third kappa shape index (κ3) is 2.60. The van der Waals surface area contributed by atoms with Crippen LogP contribution < -0.4 is 0 Å². The van der Waals surface area contributed by atoms with Crippen LogP contribution in [0.4, 0.5) is 0 Å². The van der Waals surface area contributed by atoms with E-state index in [4.69, 9.17) is 0 Å². The van der Waals surface area contributed by atoms with Crippen LogP contribution in [0.3, 0.4) is 0 Å². The Morgan fingerprint density at radius 1 is 1.50 bits per heavy atom. The molecule has 1 aliphatic rings. The molecule has 1 aromatic heterocycles. The lowest BCUT2D eigenvalue weighted by molar-refractivity contribution is 0.0514. The smallest absolute Gasteiger partial charge is 0.0841 e. The molecule has 0 aromatic carbocycles. The topological polar surface area (TPSA) is 36.4 Å². The fourth-order valence-electron chi connectivity index (χ4n) is 2.31. The van der Waals surface area contributed by atoms with Crippen LogP contribution in [0.25, 0.3) is 0 Å². The lowest BCUT2D eigenvalue weighted by atomic mass is 9.96. The fourth-order valence-corrected chi connectivity index (χ4v) is 2.31. The summed E-state index contributed by atoms with van der Waals surface area (Å²) in [6, 6.07) is 4.14. The van der Waals surface area contributed by atoms with E-state index >= 15 is 0 Å². The zero-order valence-electron chi connectivity index (χ0n) is 10.1. The molecular weight excluding hydrogens is 200 g/mol. The Hall–Kier alpha value is -0.930. The maximum Gasteiger partial charge on any atom is 0.0841 e. The number of aryl methyl sites for hydroxylation is 1. The normalized spacial score (nSPS) is 26.2. The highest BCUT2D eigenvalue weighted by molar-refractivity contribution is 5.16. The standard InChI is InChI=1S/C13H20N2O/c1-3-11-4-5-12(14-9-11)8-13(16)6-7-15(2)10-13/h4-5,9,16H,3,6-8,10H2,1-2H3. The van der Waals surface area contributed by atoms with Crippen LogP contribution >= 0.6 is 0 Å². The number of nitrogens with zero attached hydrogens (tertiary/aromatic N) is 2. The molecule has 0 aliphatic carbocycles. The van der Waals surface area contributed by atoms with Gasteiger partial charge in [0.15, 0.2) is 0 Å². The minimum Gasteiger partial charge on any atom is -0.388 e. The van der Waals surface area contributed by atoms with Gasteiger partial charge in [-0.2, -0.15) is 0 Å². The van der Waals surface area contributed by atoms with E-state index in [1.165, 1.54) is 5.56 Å². The van der Waals surface area contributed by atoms with Gasteiger partial charge >= 0.3 is 0 Å². The van der Waals surface area contributed by atoms with Gasteiger partial charge < -0.3 is 10.0 Å². The number of hydrogen-bond donors (Lipinski definition) is 1. The summed E-state index contributed by atoms with van der Waals surface area (Å²) in [6.45, 7) is 3.85. The van der Waals surface area contributed by atoms with Gasteiger partial charge in [-0.05, 0) is 31.5 Å². The molecule has 1 atom stereocenters. The summed E-state index contributed by atoms with van der Waals surface area (Å²) in [5, 5.41) is 10.4. The van der Waals surface area contributed by atoms with Gasteiger partial charge in [0.1, 0.15) is 0 Å². The number of rotatable bonds is 3. The third-order valence-electron chi connectivity index (χ3n) is 3.33. The minimum absolute atomic E-state index is 0.574. The molecule has 16 heavy (non-hydrogen) atoms. The first-order valence-electron chi connectivity index (χ1n) is 5.96. The molecule has 1 N–H and O–H groups in total. The summed E-state index contributed by atoms with van der Waals surface area (Å²) in [7, 11) is 2.05. The van der Waals surface area contributed by atoms with Crippen LogP contribution in [-0.4, -0.2) is 40.7 Å². The number of hydrogen-bond acceptors (Lipinski definition) is 3. The Kier molecular flexibility index (Phi) is 3.26. The first-order valence-corrected chi connectivity index (χ1v) is 5.96. The Morgan fingerprint density at radius 3 is 2.81 bits per heavy atom. The molecular formula is C13H20N2O. The van der Waals surface area contributed by atoms with E-state index in [0.717, 1.165) is 31.6 Å². The molecule has 3 heteroatoms. The molecule has 1 aromatic rings. The maximum absolute atomic E-state index is 10.4. The molecule has 1 aliphatic heterocycles. The Labute approximate surface area is 97.1 Å². The zero-order chi connectivity index (χ0) is 11.6. The molecule has 88 valence electrons. The van der Waals surface area contributed by atoms with Crippen LogP contribution in [0, 0.1) is 0 Å². The van der Waals surface area contributed by atoms with Crippen molar-refractivity contribution in [3.05, 3.63) is 29.6 Å². The second-order valence-corrected chi connectivity index (χ2v) is 4.90. The summed E-state index contributed by atoms with van der Waals surface area (Å²) in [5.74, 6) is 0. The molecule has 1 saturated heterocycles. The van der Waals surface area contributed by atoms with Crippen molar-refractivity contribution in [3.8, 4) is 0 Å². The first-order chi connectivity index (χ1) is 7.61. The van der Waals surface area contributed by atoms with Crippen molar-refractivity contribution in [1.29, 1.82) is 0 Å². The van der Waals surface area contributed by atoms with E-state index in [-0.39, 0.29) is 0 Å². The lowest BCUT2D eigenvalue weighted by Gasteiger charge is -2.21. The number of β-amino-alcohol motifs (C(OH)–C–C–N with tert-alkyl or cyclic N) is 1. The van der Waals surface area contributed by atoms with Gasteiger partial charge in [0, 0.05) is 31.4 Å². The van der Waals surface area contributed by atoms with Crippen LogP contribution in [0.1, 0.15) is 24.6 Å². The highest BCUT2D eigenvalue weighted by atomic mass is 16.3. The van der Waals surface area contributed by atoms with Crippen molar-refractivity contribution in [2.24, 2.45) is 0 Å². The molecule has 0 spiro atoms. The van der Waals surface area contributed by atoms with E-state index in [1.807, 2.05) is 19.3 Å². The van der Waals surface area contributed by atoms with Gasteiger partial charge in [-0.3, -0.25) is 4.98 Å². The SMILES string of the molecule is CCc1ccc(CC2(O)CCN(C)C2)nc1. The van der Waals surface area contributed by atoms with Crippen molar-refractivity contribution in [3.63, 3.8) is 0 Å². The Morgan fingerprint density at radius 2 is 2.31 bits per heavy atom. The number of pyridine rings is 1. The fraction of sp³-hybridized carbons (Fsp3) is 0.615. The second kappa shape index (κ2) is 4.52. The third-order valence-corrected chi connectivity index (χ3v) is 3.33. The van der Waals surface area contributed by atoms with E-state index in [9.17, 15) is 5.11 Å². The summed E-state index contributed by atoms with van der Waals surface area (Å²) in [4.78, 5) is 6.57. The number of likely N-dealkylation sites (N-methyl/N-ethyl adjacent to an activating group) is 1. The van der Waals surface area contributed by atoms with Crippen molar-refractivity contribution < 1.29 is 5.11 Å². The minimum atomic E-state index is -0.574. The summed E-state index contributed by atoms with van der Waals surface area (Å²) in [6.07, 6.45) is 4.44. The quantitative estimate of drug-likeness (QED) is 0.833.